The Morgan fingerprint density at radius 2 is 1.89 bits per heavy atom. The van der Waals surface area contributed by atoms with Gasteiger partial charge in [-0.1, -0.05) is 24.3 Å². The third-order valence-corrected chi connectivity index (χ3v) is 5.00. The largest absolute Gasteiger partial charge is 0.416 e. The van der Waals surface area contributed by atoms with E-state index in [1.165, 1.54) is 6.20 Å². The van der Waals surface area contributed by atoms with E-state index in [-0.39, 0.29) is 17.9 Å². The molecule has 1 N–H and O–H groups in total. The number of hydrogen-bond donors (Lipinski definition) is 1. The van der Waals surface area contributed by atoms with E-state index in [9.17, 15) is 17.6 Å². The molecule has 2 aromatic rings. The predicted molar refractivity (Wildman–Crippen MR) is 101 cm³/mol. The van der Waals surface area contributed by atoms with Crippen molar-refractivity contribution < 1.29 is 17.6 Å². The predicted octanol–water partition coefficient (Wildman–Crippen LogP) is 6.23. The summed E-state index contributed by atoms with van der Waals surface area (Å²) in [6.07, 6.45) is 0.343. The third-order valence-electron chi connectivity index (χ3n) is 4.78. The first-order valence-corrected chi connectivity index (χ1v) is 9.11. The molecule has 28 heavy (non-hydrogen) atoms. The number of nitrogens with zero attached hydrogens (tertiary/aromatic N) is 1. The zero-order chi connectivity index (χ0) is 20.5. The van der Waals surface area contributed by atoms with Crippen LogP contribution in [0.3, 0.4) is 0 Å². The molecule has 0 amide bonds. The fraction of sp³-hybridized carbons (Fsp3) is 0.286. The summed E-state index contributed by atoms with van der Waals surface area (Å²) in [5, 5.41) is 3.63. The fourth-order valence-electron chi connectivity index (χ4n) is 3.21. The molecular weight excluding hydrogens is 392 g/mol. The van der Waals surface area contributed by atoms with E-state index in [0.717, 1.165) is 25.0 Å². The van der Waals surface area contributed by atoms with Crippen molar-refractivity contribution >= 4 is 11.6 Å². The first kappa shape index (κ1) is 20.4. The number of nitrogens with one attached hydrogen (secondary N) is 1. The van der Waals surface area contributed by atoms with Gasteiger partial charge in [-0.15, -0.1) is 6.58 Å². The van der Waals surface area contributed by atoms with Crippen molar-refractivity contribution in [3.05, 3.63) is 89.1 Å². The molecule has 7 heteroatoms. The molecule has 0 radical (unpaired) electrons. The second-order valence-electron chi connectivity index (χ2n) is 6.91. The van der Waals surface area contributed by atoms with E-state index < -0.39 is 23.1 Å². The molecule has 1 aromatic carbocycles. The Labute approximate surface area is 165 Å². The van der Waals surface area contributed by atoms with Crippen molar-refractivity contribution in [2.24, 2.45) is 5.92 Å². The summed E-state index contributed by atoms with van der Waals surface area (Å²) in [5.74, 6) is -0.752. The zero-order valence-electron chi connectivity index (χ0n) is 15.0. The van der Waals surface area contributed by atoms with Crippen LogP contribution in [0.1, 0.15) is 36.1 Å². The van der Waals surface area contributed by atoms with E-state index >= 15 is 0 Å². The maximum absolute atomic E-state index is 14.2. The van der Waals surface area contributed by atoms with Gasteiger partial charge in [-0.05, 0) is 61.1 Å². The van der Waals surface area contributed by atoms with Crippen LogP contribution in [0.2, 0.25) is 5.02 Å². The van der Waals surface area contributed by atoms with Gasteiger partial charge in [0.15, 0.2) is 0 Å². The molecule has 2 nitrogen and oxygen atoms in total. The molecule has 0 bridgehead atoms. The Bertz CT molecular complexity index is 888. The highest BCUT2D eigenvalue weighted by molar-refractivity contribution is 6.30. The monoisotopic (exact) mass is 410 g/mol. The highest BCUT2D eigenvalue weighted by Gasteiger charge is 2.40. The van der Waals surface area contributed by atoms with Gasteiger partial charge in [-0.25, -0.2) is 4.39 Å². The van der Waals surface area contributed by atoms with Gasteiger partial charge in [0, 0.05) is 11.9 Å². The van der Waals surface area contributed by atoms with Gasteiger partial charge in [-0.2, -0.15) is 13.2 Å². The Balaban J connectivity index is 2.21. The first-order chi connectivity index (χ1) is 13.2. The molecule has 148 valence electrons. The Morgan fingerprint density at radius 3 is 2.43 bits per heavy atom. The minimum absolute atomic E-state index is 0.0938. The molecule has 3 rings (SSSR count). The molecule has 1 aliphatic carbocycles. The smallest absolute Gasteiger partial charge is 0.374 e. The van der Waals surface area contributed by atoms with Crippen LogP contribution in [-0.2, 0) is 11.7 Å². The minimum Gasteiger partial charge on any atom is -0.374 e. The quantitative estimate of drug-likeness (QED) is 0.432. The second-order valence-corrected chi connectivity index (χ2v) is 7.35. The van der Waals surface area contributed by atoms with Crippen LogP contribution in [0.15, 0.2) is 61.5 Å². The summed E-state index contributed by atoms with van der Waals surface area (Å²) in [7, 11) is 0. The third kappa shape index (κ3) is 4.22. The van der Waals surface area contributed by atoms with Crippen molar-refractivity contribution in [2.75, 3.05) is 0 Å². The molecule has 1 aliphatic rings. The van der Waals surface area contributed by atoms with E-state index in [1.54, 1.807) is 18.2 Å². The number of allylic oxidation sites excluding steroid dienone is 1. The Kier molecular flexibility index (Phi) is 5.53. The van der Waals surface area contributed by atoms with Crippen molar-refractivity contribution in [2.45, 2.75) is 31.0 Å². The van der Waals surface area contributed by atoms with E-state index in [0.29, 0.717) is 22.5 Å². The number of halogens is 5. The van der Waals surface area contributed by atoms with E-state index in [1.807, 2.05) is 0 Å². The normalized spacial score (nSPS) is 16.3. The van der Waals surface area contributed by atoms with Crippen molar-refractivity contribution in [3.8, 4) is 0 Å². The summed E-state index contributed by atoms with van der Waals surface area (Å²) in [6.45, 7) is 7.77. The van der Waals surface area contributed by atoms with Gasteiger partial charge in [0.1, 0.15) is 11.4 Å². The van der Waals surface area contributed by atoms with Crippen LogP contribution < -0.4 is 5.32 Å². The SMILES string of the molecule is C=CC[C@@](NC(=C)C1CC1)(c1cc(F)cc(C(F)(F)F)c1)c1ccc(Cl)cn1. The Morgan fingerprint density at radius 1 is 1.21 bits per heavy atom. The lowest BCUT2D eigenvalue weighted by atomic mass is 9.81. The fourth-order valence-corrected chi connectivity index (χ4v) is 3.32. The first-order valence-electron chi connectivity index (χ1n) is 8.74. The number of rotatable bonds is 7. The van der Waals surface area contributed by atoms with Crippen molar-refractivity contribution in [3.63, 3.8) is 0 Å². The molecule has 0 saturated heterocycles. The molecule has 0 unspecified atom stereocenters. The highest BCUT2D eigenvalue weighted by Crippen LogP contribution is 2.41. The molecule has 1 fully saturated rings. The molecule has 1 aromatic heterocycles. The summed E-state index contributed by atoms with van der Waals surface area (Å²) in [4.78, 5) is 4.31. The number of hydrogen-bond acceptors (Lipinski definition) is 2. The number of pyridine rings is 1. The lowest BCUT2D eigenvalue weighted by Gasteiger charge is -2.36. The van der Waals surface area contributed by atoms with Crippen LogP contribution in [-0.4, -0.2) is 4.98 Å². The molecule has 1 heterocycles. The van der Waals surface area contributed by atoms with Gasteiger partial charge >= 0.3 is 6.18 Å². The van der Waals surface area contributed by atoms with Gasteiger partial charge in [0.2, 0.25) is 0 Å². The van der Waals surface area contributed by atoms with E-state index in [4.69, 9.17) is 11.6 Å². The molecule has 0 aliphatic heterocycles. The molecule has 1 atom stereocenters. The van der Waals surface area contributed by atoms with Crippen LogP contribution in [0.25, 0.3) is 0 Å². The average molecular weight is 411 g/mol. The maximum atomic E-state index is 14.2. The summed E-state index contributed by atoms with van der Waals surface area (Å²) >= 11 is 5.93. The number of benzene rings is 1. The maximum Gasteiger partial charge on any atom is 0.416 e. The summed E-state index contributed by atoms with van der Waals surface area (Å²) < 4.78 is 54.2. The minimum atomic E-state index is -4.68. The molecule has 0 spiro atoms. The highest BCUT2D eigenvalue weighted by atomic mass is 35.5. The van der Waals surface area contributed by atoms with Crippen LogP contribution >= 0.6 is 11.6 Å². The van der Waals surface area contributed by atoms with Gasteiger partial charge in [-0.3, -0.25) is 4.98 Å². The Hall–Kier alpha value is -2.34. The van der Waals surface area contributed by atoms with Crippen LogP contribution in [0, 0.1) is 11.7 Å². The number of alkyl halides is 3. The zero-order valence-corrected chi connectivity index (χ0v) is 15.7. The summed E-state index contributed by atoms with van der Waals surface area (Å²) in [6, 6.07) is 5.70. The summed E-state index contributed by atoms with van der Waals surface area (Å²) in [5.41, 5.74) is -1.15. The average Bonchev–Trinajstić information content (AvgIpc) is 3.46. The second kappa shape index (κ2) is 7.59. The lowest BCUT2D eigenvalue weighted by Crippen LogP contribution is -2.44. The van der Waals surface area contributed by atoms with Crippen molar-refractivity contribution in [1.29, 1.82) is 0 Å². The van der Waals surface area contributed by atoms with Gasteiger partial charge in [0.05, 0.1) is 16.3 Å². The van der Waals surface area contributed by atoms with Crippen molar-refractivity contribution in [1.82, 2.24) is 10.3 Å². The molecule has 1 saturated carbocycles. The lowest BCUT2D eigenvalue weighted by molar-refractivity contribution is -0.137. The van der Waals surface area contributed by atoms with Gasteiger partial charge < -0.3 is 5.32 Å². The standard InChI is InChI=1S/C21H19ClF4N2/c1-3-8-20(28-13(2)14-4-5-14,19-7-6-17(22)12-27-19)15-9-16(21(24,25)26)11-18(23)10-15/h3,6-7,9-12,14,28H,1-2,4-5,8H2/t20-/m1/s1. The molecular formula is C21H19ClF4N2. The number of aromatic nitrogens is 1. The topological polar surface area (TPSA) is 24.9 Å². The van der Waals surface area contributed by atoms with E-state index in [2.05, 4.69) is 23.5 Å². The van der Waals surface area contributed by atoms with Crippen LogP contribution in [0.4, 0.5) is 17.6 Å². The van der Waals surface area contributed by atoms with Gasteiger partial charge in [0.25, 0.3) is 0 Å². The van der Waals surface area contributed by atoms with Crippen LogP contribution in [0.5, 0.6) is 0 Å².